The molecule has 0 unspecified atom stereocenters. The molecule has 0 bridgehead atoms. The predicted molar refractivity (Wildman–Crippen MR) is 106 cm³/mol. The molecule has 3 nitrogen and oxygen atoms in total. The maximum absolute atomic E-state index is 14.6. The molecular formula is C22H19F8NO2S. The van der Waals surface area contributed by atoms with Gasteiger partial charge in [0.2, 0.25) is 0 Å². The van der Waals surface area contributed by atoms with Crippen molar-refractivity contribution in [1.82, 2.24) is 0 Å². The molecule has 0 aromatic heterocycles. The first kappa shape index (κ1) is 24.9. The molecular weight excluding hydrogens is 494 g/mol. The molecule has 0 saturated heterocycles. The second-order valence-corrected chi connectivity index (χ2v) is 10.9. The molecule has 2 aromatic rings. The highest BCUT2D eigenvalue weighted by molar-refractivity contribution is 7.92. The van der Waals surface area contributed by atoms with Crippen molar-refractivity contribution < 1.29 is 43.5 Å². The lowest BCUT2D eigenvalue weighted by Gasteiger charge is -2.42. The molecule has 1 saturated carbocycles. The number of nitrogens with two attached hydrogens (primary N) is 1. The van der Waals surface area contributed by atoms with Crippen LogP contribution in [0.3, 0.4) is 0 Å². The van der Waals surface area contributed by atoms with Gasteiger partial charge in [0, 0.05) is 11.6 Å². The number of rotatable bonds is 3. The molecule has 0 spiro atoms. The third-order valence-corrected chi connectivity index (χ3v) is 9.61. The van der Waals surface area contributed by atoms with E-state index in [1.165, 1.54) is 0 Å². The Morgan fingerprint density at radius 2 is 1.47 bits per heavy atom. The van der Waals surface area contributed by atoms with Crippen LogP contribution in [-0.2, 0) is 26.7 Å². The lowest BCUT2D eigenvalue weighted by molar-refractivity contribution is -0.348. The average molecular weight is 513 g/mol. The summed E-state index contributed by atoms with van der Waals surface area (Å²) in [5.74, 6) is -1.37. The minimum atomic E-state index is -6.29. The lowest BCUT2D eigenvalue weighted by Crippen LogP contribution is -2.51. The van der Waals surface area contributed by atoms with Gasteiger partial charge >= 0.3 is 18.0 Å². The molecule has 2 N–H and O–H groups in total. The van der Waals surface area contributed by atoms with Gasteiger partial charge in [-0.05, 0) is 67.0 Å². The fourth-order valence-corrected chi connectivity index (χ4v) is 7.91. The van der Waals surface area contributed by atoms with Crippen LogP contribution in [0, 0.1) is 11.7 Å². The number of fused-ring (bicyclic) bond motifs is 3. The van der Waals surface area contributed by atoms with Crippen molar-refractivity contribution >= 4 is 9.84 Å². The van der Waals surface area contributed by atoms with Crippen LogP contribution in [0.5, 0.6) is 0 Å². The Morgan fingerprint density at radius 3 is 2.03 bits per heavy atom. The molecule has 3 atom stereocenters. The summed E-state index contributed by atoms with van der Waals surface area (Å²) in [6, 6.07) is 5.00. The molecule has 2 aliphatic carbocycles. The van der Waals surface area contributed by atoms with Crippen LogP contribution in [-0.4, -0.2) is 26.8 Å². The number of alkyl halides is 7. The van der Waals surface area contributed by atoms with Crippen LogP contribution in [0.1, 0.15) is 36.0 Å². The van der Waals surface area contributed by atoms with Crippen molar-refractivity contribution in [3.63, 3.8) is 0 Å². The third kappa shape index (κ3) is 3.28. The first-order valence-corrected chi connectivity index (χ1v) is 11.8. The fraction of sp³-hybridized carbons (Fsp3) is 0.455. The van der Waals surface area contributed by atoms with Crippen molar-refractivity contribution in [3.8, 4) is 0 Å². The quantitative estimate of drug-likeness (QED) is 0.438. The van der Waals surface area contributed by atoms with Gasteiger partial charge in [0.25, 0.3) is 0 Å². The van der Waals surface area contributed by atoms with E-state index in [1.807, 2.05) is 0 Å². The van der Waals surface area contributed by atoms with Gasteiger partial charge in [-0.2, -0.15) is 26.3 Å². The van der Waals surface area contributed by atoms with E-state index in [9.17, 15) is 43.5 Å². The molecule has 0 amide bonds. The molecule has 34 heavy (non-hydrogen) atoms. The fourth-order valence-electron chi connectivity index (χ4n) is 5.42. The summed E-state index contributed by atoms with van der Waals surface area (Å²) < 4.78 is 133. The van der Waals surface area contributed by atoms with Gasteiger partial charge in [-0.15, -0.1) is 0 Å². The first-order valence-electron chi connectivity index (χ1n) is 10.3. The number of aryl methyl sites for hydroxylation is 1. The largest absolute Gasteiger partial charge is 0.435 e. The second-order valence-electron chi connectivity index (χ2n) is 8.72. The maximum atomic E-state index is 14.6. The summed E-state index contributed by atoms with van der Waals surface area (Å²) in [5.41, 5.74) is -1.25. The standard InChI is InChI=1S/C22H19F8NO2S/c23-14-3-5-15(6-4-14)34(32,33)19-10-9-18(31)17(19)7-1-12-11-13(2-8-16(12)19)20(24,21(25,26)27)22(28,29)30/h2-6,8,11,17-18H,1,7,9-10,31H2/t17-,18+,19+/m0/s1. The minimum Gasteiger partial charge on any atom is -0.327 e. The summed E-state index contributed by atoms with van der Waals surface area (Å²) in [6.45, 7) is 0. The second kappa shape index (κ2) is 7.64. The van der Waals surface area contributed by atoms with Crippen LogP contribution in [0.15, 0.2) is 47.4 Å². The highest BCUT2D eigenvalue weighted by atomic mass is 32.2. The van der Waals surface area contributed by atoms with Crippen LogP contribution in [0.25, 0.3) is 0 Å². The van der Waals surface area contributed by atoms with Crippen molar-refractivity contribution in [2.24, 2.45) is 11.7 Å². The molecule has 12 heteroatoms. The maximum Gasteiger partial charge on any atom is 0.435 e. The lowest BCUT2D eigenvalue weighted by atomic mass is 9.74. The molecule has 0 aliphatic heterocycles. The molecule has 0 radical (unpaired) electrons. The molecule has 2 aromatic carbocycles. The Hall–Kier alpha value is -2.21. The zero-order valence-corrected chi connectivity index (χ0v) is 18.2. The highest BCUT2D eigenvalue weighted by Gasteiger charge is 2.73. The zero-order valence-electron chi connectivity index (χ0n) is 17.4. The van der Waals surface area contributed by atoms with Crippen molar-refractivity contribution in [2.75, 3.05) is 0 Å². The van der Waals surface area contributed by atoms with Crippen molar-refractivity contribution in [1.29, 1.82) is 0 Å². The normalized spacial score (nSPS) is 25.7. The number of halogens is 8. The van der Waals surface area contributed by atoms with E-state index < -0.39 is 55.9 Å². The number of sulfone groups is 1. The van der Waals surface area contributed by atoms with Gasteiger partial charge in [-0.25, -0.2) is 17.2 Å². The summed E-state index contributed by atoms with van der Waals surface area (Å²) in [6.07, 6.45) is -12.4. The SMILES string of the molecule is N[C@@H]1CC[C@@]2(S(=O)(=O)c3ccc(F)cc3)c3ccc(C(F)(C(F)(F)F)C(F)(F)F)cc3CC[C@@H]12. The molecule has 2 aliphatic rings. The number of hydrogen-bond acceptors (Lipinski definition) is 3. The van der Waals surface area contributed by atoms with Crippen LogP contribution >= 0.6 is 0 Å². The molecule has 186 valence electrons. The van der Waals surface area contributed by atoms with Crippen molar-refractivity contribution in [3.05, 3.63) is 65.0 Å². The summed E-state index contributed by atoms with van der Waals surface area (Å²) in [7, 11) is -4.31. The van der Waals surface area contributed by atoms with E-state index in [1.54, 1.807) is 0 Å². The van der Waals surface area contributed by atoms with Crippen LogP contribution in [0.2, 0.25) is 0 Å². The molecule has 4 rings (SSSR count). The Labute approximate surface area is 189 Å². The zero-order chi connectivity index (χ0) is 25.3. The minimum absolute atomic E-state index is 0.00326. The van der Waals surface area contributed by atoms with E-state index >= 15 is 0 Å². The van der Waals surface area contributed by atoms with Crippen molar-refractivity contribution in [2.45, 2.75) is 59.4 Å². The number of hydrogen-bond donors (Lipinski definition) is 1. The van der Waals surface area contributed by atoms with E-state index in [4.69, 9.17) is 5.73 Å². The van der Waals surface area contributed by atoms with E-state index in [2.05, 4.69) is 0 Å². The van der Waals surface area contributed by atoms with E-state index in [-0.39, 0.29) is 41.7 Å². The first-order chi connectivity index (χ1) is 15.6. The van der Waals surface area contributed by atoms with Gasteiger partial charge in [-0.3, -0.25) is 0 Å². The Bertz CT molecular complexity index is 1190. The molecule has 0 heterocycles. The topological polar surface area (TPSA) is 60.2 Å². The predicted octanol–water partition coefficient (Wildman–Crippen LogP) is 5.47. The average Bonchev–Trinajstić information content (AvgIpc) is 3.10. The highest BCUT2D eigenvalue weighted by Crippen LogP contribution is 2.58. The smallest absolute Gasteiger partial charge is 0.327 e. The Morgan fingerprint density at radius 1 is 0.882 bits per heavy atom. The third-order valence-electron chi connectivity index (χ3n) is 7.03. The summed E-state index contributed by atoms with van der Waals surface area (Å²) in [4.78, 5) is -0.254. The summed E-state index contributed by atoms with van der Waals surface area (Å²) >= 11 is 0. The Balaban J connectivity index is 1.94. The Kier molecular flexibility index (Phi) is 5.60. The van der Waals surface area contributed by atoms with Gasteiger partial charge in [0.1, 0.15) is 10.6 Å². The van der Waals surface area contributed by atoms with Gasteiger partial charge in [0.05, 0.1) is 4.90 Å². The summed E-state index contributed by atoms with van der Waals surface area (Å²) in [5, 5.41) is 0. The van der Waals surface area contributed by atoms with Gasteiger partial charge in [-0.1, -0.05) is 18.2 Å². The van der Waals surface area contributed by atoms with Gasteiger partial charge in [0.15, 0.2) is 9.84 Å². The van der Waals surface area contributed by atoms with E-state index in [0.717, 1.165) is 30.3 Å². The number of benzene rings is 2. The van der Waals surface area contributed by atoms with Gasteiger partial charge < -0.3 is 5.73 Å². The van der Waals surface area contributed by atoms with E-state index in [0.29, 0.717) is 12.1 Å². The van der Waals surface area contributed by atoms with Crippen LogP contribution < -0.4 is 5.73 Å². The monoisotopic (exact) mass is 513 g/mol. The molecule has 1 fully saturated rings. The van der Waals surface area contributed by atoms with Crippen LogP contribution in [0.4, 0.5) is 35.1 Å².